The van der Waals surface area contributed by atoms with Gasteiger partial charge in [0.2, 0.25) is 0 Å². The molecule has 0 bridgehead atoms. The maximum absolute atomic E-state index is 13.9. The van der Waals surface area contributed by atoms with Gasteiger partial charge in [0.25, 0.3) is 5.91 Å². The summed E-state index contributed by atoms with van der Waals surface area (Å²) in [6.45, 7) is 1.24. The number of ether oxygens (including phenoxy) is 2. The third-order valence-corrected chi connectivity index (χ3v) is 5.79. The molecule has 0 unspecified atom stereocenters. The van der Waals surface area contributed by atoms with E-state index in [1.54, 1.807) is 37.3 Å². The SMILES string of the molecule is COc1ccc(CN(C)C(=O)COC(=O)c2cccc3c(=O)c(C)c(-c4ccccc4)oc23)cc1F. The highest BCUT2D eigenvalue weighted by molar-refractivity contribution is 6.02. The predicted octanol–water partition coefficient (Wildman–Crippen LogP) is 4.73. The molecule has 7 nitrogen and oxygen atoms in total. The number of para-hydroxylation sites is 1. The summed E-state index contributed by atoms with van der Waals surface area (Å²) in [4.78, 5) is 39.7. The van der Waals surface area contributed by atoms with Crippen molar-refractivity contribution in [3.63, 3.8) is 0 Å². The number of halogens is 1. The van der Waals surface area contributed by atoms with Crippen LogP contribution in [0.15, 0.2) is 75.9 Å². The topological polar surface area (TPSA) is 86.0 Å². The molecule has 0 aliphatic rings. The van der Waals surface area contributed by atoms with Crippen molar-refractivity contribution in [2.75, 3.05) is 20.8 Å². The Hall–Kier alpha value is -4.46. The summed E-state index contributed by atoms with van der Waals surface area (Å²) in [6, 6.07) is 18.1. The lowest BCUT2D eigenvalue weighted by molar-refractivity contribution is -0.133. The van der Waals surface area contributed by atoms with Crippen molar-refractivity contribution in [1.29, 1.82) is 0 Å². The molecule has 4 aromatic rings. The average molecular weight is 489 g/mol. The third kappa shape index (κ3) is 4.98. The van der Waals surface area contributed by atoms with Crippen LogP contribution in [-0.2, 0) is 16.1 Å². The second-order valence-electron chi connectivity index (χ2n) is 8.23. The van der Waals surface area contributed by atoms with Crippen molar-refractivity contribution < 1.29 is 27.9 Å². The summed E-state index contributed by atoms with van der Waals surface area (Å²) in [5.74, 6) is -1.36. The number of amides is 1. The normalized spacial score (nSPS) is 10.8. The number of carbonyl (C=O) groups excluding carboxylic acids is 2. The van der Waals surface area contributed by atoms with E-state index in [-0.39, 0.29) is 34.3 Å². The fourth-order valence-electron chi connectivity index (χ4n) is 3.82. The number of methoxy groups -OCH3 is 1. The summed E-state index contributed by atoms with van der Waals surface area (Å²) < 4.78 is 30.1. The van der Waals surface area contributed by atoms with Crippen LogP contribution in [-0.4, -0.2) is 37.5 Å². The first-order valence-corrected chi connectivity index (χ1v) is 11.2. The van der Waals surface area contributed by atoms with Gasteiger partial charge in [0.05, 0.1) is 12.5 Å². The molecule has 1 heterocycles. The van der Waals surface area contributed by atoms with Gasteiger partial charge in [0.1, 0.15) is 11.3 Å². The van der Waals surface area contributed by atoms with Gasteiger partial charge in [-0.3, -0.25) is 9.59 Å². The van der Waals surface area contributed by atoms with E-state index in [1.165, 1.54) is 37.3 Å². The van der Waals surface area contributed by atoms with E-state index in [0.29, 0.717) is 22.5 Å². The lowest BCUT2D eigenvalue weighted by Gasteiger charge is -2.18. The molecule has 0 N–H and O–H groups in total. The lowest BCUT2D eigenvalue weighted by atomic mass is 10.0. The van der Waals surface area contributed by atoms with Gasteiger partial charge in [-0.1, -0.05) is 42.5 Å². The first-order chi connectivity index (χ1) is 17.3. The third-order valence-electron chi connectivity index (χ3n) is 5.79. The van der Waals surface area contributed by atoms with E-state index in [2.05, 4.69) is 0 Å². The number of carbonyl (C=O) groups is 2. The Morgan fingerprint density at radius 3 is 2.47 bits per heavy atom. The van der Waals surface area contributed by atoms with Gasteiger partial charge in [0, 0.05) is 24.7 Å². The Morgan fingerprint density at radius 1 is 1.03 bits per heavy atom. The van der Waals surface area contributed by atoms with Crippen molar-refractivity contribution in [3.8, 4) is 17.1 Å². The van der Waals surface area contributed by atoms with E-state index < -0.39 is 24.3 Å². The number of likely N-dealkylation sites (N-methyl/N-ethyl adjacent to an activating group) is 1. The van der Waals surface area contributed by atoms with Crippen LogP contribution in [0.5, 0.6) is 5.75 Å². The second kappa shape index (κ2) is 10.4. The van der Waals surface area contributed by atoms with Crippen molar-refractivity contribution in [3.05, 3.63) is 99.5 Å². The number of hydrogen-bond donors (Lipinski definition) is 0. The first-order valence-electron chi connectivity index (χ1n) is 11.2. The van der Waals surface area contributed by atoms with Crippen LogP contribution >= 0.6 is 0 Å². The Balaban J connectivity index is 1.53. The molecule has 0 fully saturated rings. The van der Waals surface area contributed by atoms with E-state index >= 15 is 0 Å². The molecule has 8 heteroatoms. The van der Waals surface area contributed by atoms with Crippen LogP contribution in [0.1, 0.15) is 21.5 Å². The number of esters is 1. The molecule has 4 rings (SSSR count). The molecule has 3 aromatic carbocycles. The van der Waals surface area contributed by atoms with Gasteiger partial charge in [-0.25, -0.2) is 9.18 Å². The fourth-order valence-corrected chi connectivity index (χ4v) is 3.82. The molecule has 0 radical (unpaired) electrons. The summed E-state index contributed by atoms with van der Waals surface area (Å²) in [6.07, 6.45) is 0. The minimum atomic E-state index is -0.802. The van der Waals surface area contributed by atoms with Gasteiger partial charge < -0.3 is 18.8 Å². The average Bonchev–Trinajstić information content (AvgIpc) is 2.89. The van der Waals surface area contributed by atoms with Crippen molar-refractivity contribution in [2.24, 2.45) is 0 Å². The fraction of sp³-hybridized carbons (Fsp3) is 0.179. The van der Waals surface area contributed by atoms with E-state index in [0.717, 1.165) is 0 Å². The number of fused-ring (bicyclic) bond motifs is 1. The minimum Gasteiger partial charge on any atom is -0.494 e. The van der Waals surface area contributed by atoms with Crippen LogP contribution in [0.3, 0.4) is 0 Å². The smallest absolute Gasteiger partial charge is 0.342 e. The van der Waals surface area contributed by atoms with Crippen LogP contribution in [0.2, 0.25) is 0 Å². The summed E-state index contributed by atoms with van der Waals surface area (Å²) in [7, 11) is 2.89. The van der Waals surface area contributed by atoms with Crippen LogP contribution in [0, 0.1) is 12.7 Å². The predicted molar refractivity (Wildman–Crippen MR) is 132 cm³/mol. The Labute approximate surface area is 206 Å². The molecular formula is C28H24FNO6. The minimum absolute atomic E-state index is 0.0365. The molecular weight excluding hydrogens is 465 g/mol. The molecule has 0 spiro atoms. The van der Waals surface area contributed by atoms with E-state index in [4.69, 9.17) is 13.9 Å². The van der Waals surface area contributed by atoms with Gasteiger partial charge in [0.15, 0.2) is 29.2 Å². The molecule has 0 aliphatic carbocycles. The number of nitrogens with zero attached hydrogens (tertiary/aromatic N) is 1. The quantitative estimate of drug-likeness (QED) is 0.349. The second-order valence-corrected chi connectivity index (χ2v) is 8.23. The summed E-state index contributed by atoms with van der Waals surface area (Å²) >= 11 is 0. The zero-order valence-corrected chi connectivity index (χ0v) is 20.0. The molecule has 0 saturated heterocycles. The molecule has 0 atom stereocenters. The monoisotopic (exact) mass is 489 g/mol. The van der Waals surface area contributed by atoms with Crippen LogP contribution in [0.4, 0.5) is 4.39 Å². The molecule has 36 heavy (non-hydrogen) atoms. The lowest BCUT2D eigenvalue weighted by Crippen LogP contribution is -2.31. The van der Waals surface area contributed by atoms with Crippen molar-refractivity contribution in [1.82, 2.24) is 4.90 Å². The van der Waals surface area contributed by atoms with E-state index in [1.807, 2.05) is 18.2 Å². The molecule has 1 amide bonds. The maximum atomic E-state index is 13.9. The highest BCUT2D eigenvalue weighted by Gasteiger charge is 2.21. The highest BCUT2D eigenvalue weighted by Crippen LogP contribution is 2.27. The Bertz CT molecular complexity index is 1500. The number of hydrogen-bond acceptors (Lipinski definition) is 6. The molecule has 184 valence electrons. The number of rotatable bonds is 7. The first kappa shape index (κ1) is 24.7. The zero-order chi connectivity index (χ0) is 25.8. The molecule has 0 aliphatic heterocycles. The van der Waals surface area contributed by atoms with Gasteiger partial charge in [-0.15, -0.1) is 0 Å². The van der Waals surface area contributed by atoms with E-state index in [9.17, 15) is 18.8 Å². The Kier molecular flexibility index (Phi) is 7.15. The molecule has 1 aromatic heterocycles. The summed E-state index contributed by atoms with van der Waals surface area (Å²) in [5.41, 5.74) is 1.54. The zero-order valence-electron chi connectivity index (χ0n) is 20.0. The molecule has 0 saturated carbocycles. The standard InChI is InChI=1S/C28H24FNO6/c1-17-25(32)20-10-7-11-21(27(20)36-26(17)19-8-5-4-6-9-19)28(33)35-16-24(31)30(2)15-18-12-13-23(34-3)22(29)14-18/h4-14H,15-16H2,1-3H3. The summed E-state index contributed by atoms with van der Waals surface area (Å²) in [5, 5.41) is 0.242. The van der Waals surface area contributed by atoms with Crippen molar-refractivity contribution in [2.45, 2.75) is 13.5 Å². The highest BCUT2D eigenvalue weighted by atomic mass is 19.1. The van der Waals surface area contributed by atoms with Crippen molar-refractivity contribution >= 4 is 22.8 Å². The largest absolute Gasteiger partial charge is 0.494 e. The van der Waals surface area contributed by atoms with Crippen LogP contribution < -0.4 is 10.2 Å². The number of benzene rings is 3. The maximum Gasteiger partial charge on any atom is 0.342 e. The van der Waals surface area contributed by atoms with Gasteiger partial charge in [-0.2, -0.15) is 0 Å². The Morgan fingerprint density at radius 2 is 1.78 bits per heavy atom. The van der Waals surface area contributed by atoms with Gasteiger partial charge >= 0.3 is 5.97 Å². The van der Waals surface area contributed by atoms with Gasteiger partial charge in [-0.05, 0) is 36.8 Å². The van der Waals surface area contributed by atoms with Crippen LogP contribution in [0.25, 0.3) is 22.3 Å².